The maximum absolute atomic E-state index is 12.2. The highest BCUT2D eigenvalue weighted by molar-refractivity contribution is 6.09. The number of nitriles is 1. The maximum Gasteiger partial charge on any atom is 0.266 e. The second-order valence-corrected chi connectivity index (χ2v) is 5.17. The summed E-state index contributed by atoms with van der Waals surface area (Å²) in [6.45, 7) is 2.11. The van der Waals surface area contributed by atoms with Gasteiger partial charge in [-0.05, 0) is 47.9 Å². The second-order valence-electron chi connectivity index (χ2n) is 5.17. The van der Waals surface area contributed by atoms with Crippen molar-refractivity contribution in [1.29, 1.82) is 5.26 Å². The van der Waals surface area contributed by atoms with E-state index in [2.05, 4.69) is 12.2 Å². The van der Waals surface area contributed by atoms with Gasteiger partial charge < -0.3 is 10.4 Å². The summed E-state index contributed by atoms with van der Waals surface area (Å²) in [5, 5.41) is 21.3. The molecule has 23 heavy (non-hydrogen) atoms. The average molecular weight is 306 g/mol. The lowest BCUT2D eigenvalue weighted by Gasteiger charge is -2.06. The van der Waals surface area contributed by atoms with Crippen LogP contribution in [0.3, 0.4) is 0 Å². The Morgan fingerprint density at radius 3 is 2.61 bits per heavy atom. The van der Waals surface area contributed by atoms with Crippen LogP contribution in [-0.2, 0) is 11.2 Å². The van der Waals surface area contributed by atoms with Gasteiger partial charge in [-0.1, -0.05) is 37.6 Å². The van der Waals surface area contributed by atoms with Crippen LogP contribution in [0.4, 0.5) is 5.69 Å². The molecule has 0 saturated heterocycles. The molecule has 4 heteroatoms. The van der Waals surface area contributed by atoms with Gasteiger partial charge in [0.1, 0.15) is 17.4 Å². The molecule has 2 aromatic rings. The van der Waals surface area contributed by atoms with E-state index in [1.54, 1.807) is 12.1 Å². The molecule has 0 fully saturated rings. The monoisotopic (exact) mass is 306 g/mol. The van der Waals surface area contributed by atoms with Crippen molar-refractivity contribution in [3.05, 3.63) is 65.2 Å². The molecular formula is C19H18N2O2. The number of hydrogen-bond donors (Lipinski definition) is 2. The minimum absolute atomic E-state index is 0.0202. The quantitative estimate of drug-likeness (QED) is 0.650. The van der Waals surface area contributed by atoms with Gasteiger partial charge in [-0.15, -0.1) is 0 Å². The molecule has 0 heterocycles. The molecule has 0 saturated carbocycles. The fourth-order valence-corrected chi connectivity index (χ4v) is 2.17. The molecule has 2 aromatic carbocycles. The summed E-state index contributed by atoms with van der Waals surface area (Å²) < 4.78 is 0. The first-order valence-electron chi connectivity index (χ1n) is 7.43. The molecule has 0 aliphatic heterocycles. The Balaban J connectivity index is 2.12. The van der Waals surface area contributed by atoms with E-state index in [1.807, 2.05) is 30.3 Å². The van der Waals surface area contributed by atoms with E-state index < -0.39 is 5.91 Å². The molecule has 0 radical (unpaired) electrons. The van der Waals surface area contributed by atoms with Crippen LogP contribution in [0.25, 0.3) is 6.08 Å². The molecule has 0 unspecified atom stereocenters. The zero-order chi connectivity index (χ0) is 16.7. The average Bonchev–Trinajstić information content (AvgIpc) is 2.54. The highest BCUT2D eigenvalue weighted by atomic mass is 16.3. The number of anilines is 1. The SMILES string of the molecule is CCCc1ccc(NC(=O)/C(C#N)=C/c2cccc(O)c2)cc1. The number of aryl methyl sites for hydroxylation is 1. The van der Waals surface area contributed by atoms with Crippen LogP contribution in [0.5, 0.6) is 5.75 Å². The van der Waals surface area contributed by atoms with E-state index in [-0.39, 0.29) is 11.3 Å². The molecular weight excluding hydrogens is 288 g/mol. The number of nitrogens with one attached hydrogen (secondary N) is 1. The van der Waals surface area contributed by atoms with Crippen LogP contribution in [0.1, 0.15) is 24.5 Å². The third-order valence-electron chi connectivity index (χ3n) is 3.30. The topological polar surface area (TPSA) is 73.1 Å². The predicted octanol–water partition coefficient (Wildman–Crippen LogP) is 3.89. The van der Waals surface area contributed by atoms with Crippen molar-refractivity contribution in [3.63, 3.8) is 0 Å². The zero-order valence-electron chi connectivity index (χ0n) is 12.9. The first-order chi connectivity index (χ1) is 11.1. The Hall–Kier alpha value is -3.06. The molecule has 0 atom stereocenters. The molecule has 0 aromatic heterocycles. The van der Waals surface area contributed by atoms with Crippen molar-refractivity contribution in [2.24, 2.45) is 0 Å². The Labute approximate surface area is 135 Å². The number of rotatable bonds is 5. The number of benzene rings is 2. The van der Waals surface area contributed by atoms with Crippen molar-refractivity contribution in [1.82, 2.24) is 0 Å². The number of amides is 1. The van der Waals surface area contributed by atoms with Gasteiger partial charge in [-0.3, -0.25) is 4.79 Å². The van der Waals surface area contributed by atoms with Crippen molar-refractivity contribution >= 4 is 17.7 Å². The van der Waals surface area contributed by atoms with Crippen molar-refractivity contribution < 1.29 is 9.90 Å². The van der Waals surface area contributed by atoms with E-state index >= 15 is 0 Å². The summed E-state index contributed by atoms with van der Waals surface area (Å²) in [7, 11) is 0. The molecule has 0 aliphatic rings. The summed E-state index contributed by atoms with van der Waals surface area (Å²) in [6.07, 6.45) is 3.51. The molecule has 2 rings (SSSR count). The van der Waals surface area contributed by atoms with Crippen LogP contribution in [0.15, 0.2) is 54.1 Å². The van der Waals surface area contributed by atoms with Gasteiger partial charge in [-0.2, -0.15) is 5.26 Å². The molecule has 0 bridgehead atoms. The molecule has 2 N–H and O–H groups in total. The highest BCUT2D eigenvalue weighted by Gasteiger charge is 2.09. The number of nitrogens with zero attached hydrogens (tertiary/aromatic N) is 1. The summed E-state index contributed by atoms with van der Waals surface area (Å²) >= 11 is 0. The molecule has 4 nitrogen and oxygen atoms in total. The van der Waals surface area contributed by atoms with Crippen LogP contribution >= 0.6 is 0 Å². The van der Waals surface area contributed by atoms with Gasteiger partial charge >= 0.3 is 0 Å². The molecule has 0 aliphatic carbocycles. The van der Waals surface area contributed by atoms with E-state index in [0.29, 0.717) is 11.3 Å². The van der Waals surface area contributed by atoms with E-state index in [9.17, 15) is 15.2 Å². The van der Waals surface area contributed by atoms with Gasteiger partial charge in [0.2, 0.25) is 0 Å². The maximum atomic E-state index is 12.2. The highest BCUT2D eigenvalue weighted by Crippen LogP contribution is 2.16. The lowest BCUT2D eigenvalue weighted by Crippen LogP contribution is -2.13. The van der Waals surface area contributed by atoms with Crippen LogP contribution in [-0.4, -0.2) is 11.0 Å². The van der Waals surface area contributed by atoms with Gasteiger partial charge in [0, 0.05) is 5.69 Å². The van der Waals surface area contributed by atoms with Gasteiger partial charge in [0.05, 0.1) is 0 Å². The van der Waals surface area contributed by atoms with Crippen molar-refractivity contribution in [3.8, 4) is 11.8 Å². The third-order valence-corrected chi connectivity index (χ3v) is 3.30. The first-order valence-corrected chi connectivity index (χ1v) is 7.43. The largest absolute Gasteiger partial charge is 0.508 e. The fourth-order valence-electron chi connectivity index (χ4n) is 2.17. The summed E-state index contributed by atoms with van der Waals surface area (Å²) in [6, 6.07) is 15.9. The second kappa shape index (κ2) is 7.81. The van der Waals surface area contributed by atoms with Gasteiger partial charge in [0.25, 0.3) is 5.91 Å². The number of hydrogen-bond acceptors (Lipinski definition) is 3. The Bertz CT molecular complexity index is 756. The van der Waals surface area contributed by atoms with E-state index in [0.717, 1.165) is 12.8 Å². The summed E-state index contributed by atoms with van der Waals surface area (Å²) in [5.41, 5.74) is 2.43. The van der Waals surface area contributed by atoms with Crippen molar-refractivity contribution in [2.75, 3.05) is 5.32 Å². The minimum Gasteiger partial charge on any atom is -0.508 e. The number of carbonyl (C=O) groups is 1. The normalized spacial score (nSPS) is 10.9. The van der Waals surface area contributed by atoms with Gasteiger partial charge in [-0.25, -0.2) is 0 Å². The van der Waals surface area contributed by atoms with Crippen molar-refractivity contribution in [2.45, 2.75) is 19.8 Å². The molecule has 0 spiro atoms. The predicted molar refractivity (Wildman–Crippen MR) is 90.8 cm³/mol. The van der Waals surface area contributed by atoms with Gasteiger partial charge in [0.15, 0.2) is 0 Å². The lowest BCUT2D eigenvalue weighted by atomic mass is 10.1. The minimum atomic E-state index is -0.473. The van der Waals surface area contributed by atoms with Crippen LogP contribution in [0, 0.1) is 11.3 Å². The Morgan fingerprint density at radius 1 is 1.26 bits per heavy atom. The smallest absolute Gasteiger partial charge is 0.266 e. The zero-order valence-corrected chi connectivity index (χ0v) is 12.9. The first kappa shape index (κ1) is 16.3. The summed E-state index contributed by atoms with van der Waals surface area (Å²) in [5.74, 6) is -0.387. The van der Waals surface area contributed by atoms with Crippen LogP contribution < -0.4 is 5.32 Å². The van der Waals surface area contributed by atoms with E-state index in [1.165, 1.54) is 23.8 Å². The number of phenols is 1. The Morgan fingerprint density at radius 2 is 2.00 bits per heavy atom. The Kier molecular flexibility index (Phi) is 5.54. The van der Waals surface area contributed by atoms with Crippen LogP contribution in [0.2, 0.25) is 0 Å². The molecule has 1 amide bonds. The number of phenolic OH excluding ortho intramolecular Hbond substituents is 1. The molecule has 116 valence electrons. The fraction of sp³-hybridized carbons (Fsp3) is 0.158. The number of carbonyl (C=O) groups excluding carboxylic acids is 1. The third kappa shape index (κ3) is 4.72. The lowest BCUT2D eigenvalue weighted by molar-refractivity contribution is -0.112. The van der Waals surface area contributed by atoms with E-state index in [4.69, 9.17) is 0 Å². The standard InChI is InChI=1S/C19H18N2O2/c1-2-4-14-7-9-17(10-8-14)21-19(23)16(13-20)11-15-5-3-6-18(22)12-15/h3,5-12,22H,2,4H2,1H3,(H,21,23)/b16-11+. The number of aromatic hydroxyl groups is 1. The summed E-state index contributed by atoms with van der Waals surface area (Å²) in [4.78, 5) is 12.2.